The van der Waals surface area contributed by atoms with Crippen molar-refractivity contribution in [3.05, 3.63) is 163 Å². The smallest absolute Gasteiger partial charge is 0 e. The van der Waals surface area contributed by atoms with Crippen molar-refractivity contribution in [2.75, 3.05) is 0 Å². The minimum Gasteiger partial charge on any atom is -0.458 e. The summed E-state index contributed by atoms with van der Waals surface area (Å²) < 4.78 is 0. The molecule has 5 heterocycles. The Kier molecular flexibility index (Phi) is 5.38. The van der Waals surface area contributed by atoms with Crippen molar-refractivity contribution >= 4 is 23.3 Å². The summed E-state index contributed by atoms with van der Waals surface area (Å²) in [5.74, 6) is 2.56. The van der Waals surface area contributed by atoms with E-state index in [2.05, 4.69) is 24.3 Å². The maximum Gasteiger partial charge on any atom is 0 e. The van der Waals surface area contributed by atoms with Crippen LogP contribution in [0.4, 0.5) is 0 Å². The number of hydrogen-bond acceptors (Lipinski definition) is 4. The van der Waals surface area contributed by atoms with Crippen LogP contribution in [0.15, 0.2) is 117 Å². The van der Waals surface area contributed by atoms with E-state index in [0.29, 0.717) is 23.3 Å². The molecule has 8 nitrogen and oxygen atoms in total. The zero-order chi connectivity index (χ0) is 26.2. The number of nitrogens with zero attached hydrogens (tertiary/aromatic N) is 8. The van der Waals surface area contributed by atoms with Gasteiger partial charge in [-0.2, -0.15) is 0 Å². The normalized spacial score (nSPS) is 28.9. The third-order valence-electron chi connectivity index (χ3n) is 7.88. The van der Waals surface area contributed by atoms with Crippen molar-refractivity contribution in [2.45, 2.75) is 24.7 Å². The van der Waals surface area contributed by atoms with Gasteiger partial charge in [0.25, 0.3) is 0 Å². The Bertz CT molecular complexity index is 1590. The van der Waals surface area contributed by atoms with Crippen LogP contribution in [0.25, 0.3) is 21.3 Å². The first-order valence-corrected chi connectivity index (χ1v) is 13.3. The Morgan fingerprint density at radius 2 is 0.561 bits per heavy atom. The van der Waals surface area contributed by atoms with Crippen LogP contribution in [0.2, 0.25) is 0 Å². The molecule has 0 saturated heterocycles. The second-order valence-corrected chi connectivity index (χ2v) is 10.2. The fourth-order valence-electron chi connectivity index (χ4n) is 5.99. The summed E-state index contributed by atoms with van der Waals surface area (Å²) in [6.07, 6.45) is -1.81. The average molecular weight is 580 g/mol. The molecular formula is C32H20CuN8-4. The van der Waals surface area contributed by atoms with Gasteiger partial charge in [0.1, 0.15) is 0 Å². The summed E-state index contributed by atoms with van der Waals surface area (Å²) in [4.78, 5) is 20.3. The molecule has 4 aromatic carbocycles. The minimum absolute atomic E-state index is 0. The summed E-state index contributed by atoms with van der Waals surface area (Å²) in [6, 6.07) is 32.5. The predicted octanol–water partition coefficient (Wildman–Crippen LogP) is 7.33. The molecule has 9 heteroatoms. The molecule has 8 bridgehead atoms. The van der Waals surface area contributed by atoms with E-state index in [-0.39, 0.29) is 17.1 Å². The monoisotopic (exact) mass is 579 g/mol. The fourth-order valence-corrected chi connectivity index (χ4v) is 5.99. The Hall–Kier alpha value is -4.72. The molecular weight excluding hydrogens is 560 g/mol. The first-order valence-electron chi connectivity index (χ1n) is 13.3. The van der Waals surface area contributed by atoms with Crippen molar-refractivity contribution in [1.82, 2.24) is 0 Å². The van der Waals surface area contributed by atoms with Crippen LogP contribution < -0.4 is 0 Å². The SMILES string of the molecule is [Cu].c1ccc2c(c1)/C1=N/C3[N-]/C(=N\C4[N-]/C(=N\C5[N-]/C(=N\C2[N-]1)c1ccccc15)c1ccccc14)c1ccccc13. The van der Waals surface area contributed by atoms with E-state index in [1.807, 2.05) is 72.8 Å². The van der Waals surface area contributed by atoms with Crippen molar-refractivity contribution < 1.29 is 17.1 Å². The maximum absolute atomic E-state index is 5.07. The number of aliphatic imine (C=N–C) groups is 4. The van der Waals surface area contributed by atoms with Crippen LogP contribution in [0, 0.1) is 0 Å². The van der Waals surface area contributed by atoms with Gasteiger partial charge in [-0.15, -0.1) is 0 Å². The molecule has 9 rings (SSSR count). The van der Waals surface area contributed by atoms with Crippen LogP contribution in [0.5, 0.6) is 0 Å². The van der Waals surface area contributed by atoms with Crippen LogP contribution in [0.3, 0.4) is 0 Å². The third kappa shape index (κ3) is 3.66. The Labute approximate surface area is 247 Å². The summed E-state index contributed by atoms with van der Waals surface area (Å²) in [6.45, 7) is 0. The van der Waals surface area contributed by atoms with Gasteiger partial charge in [-0.25, -0.2) is 0 Å². The number of rotatable bonds is 0. The number of benzene rings is 4. The van der Waals surface area contributed by atoms with Crippen molar-refractivity contribution in [3.63, 3.8) is 0 Å². The average Bonchev–Trinajstić information content (AvgIpc) is 3.73. The predicted molar refractivity (Wildman–Crippen MR) is 156 cm³/mol. The molecule has 5 aliphatic heterocycles. The molecule has 0 aromatic heterocycles. The molecule has 1 radical (unpaired) electrons. The van der Waals surface area contributed by atoms with Gasteiger partial charge >= 0.3 is 0 Å². The molecule has 4 atom stereocenters. The molecule has 0 N–H and O–H groups in total. The van der Waals surface area contributed by atoms with Gasteiger partial charge in [0.15, 0.2) is 0 Å². The summed E-state index contributed by atoms with van der Waals surface area (Å²) in [5, 5.41) is 20.0. The van der Waals surface area contributed by atoms with Crippen LogP contribution in [0.1, 0.15) is 69.2 Å². The largest absolute Gasteiger partial charge is 0.458 e. The van der Waals surface area contributed by atoms with E-state index >= 15 is 0 Å². The Morgan fingerprint density at radius 1 is 0.341 bits per heavy atom. The van der Waals surface area contributed by atoms with E-state index in [4.69, 9.17) is 41.2 Å². The van der Waals surface area contributed by atoms with Crippen molar-refractivity contribution in [2.24, 2.45) is 20.0 Å². The minimum atomic E-state index is -0.452. The zero-order valence-corrected chi connectivity index (χ0v) is 22.4. The van der Waals surface area contributed by atoms with Gasteiger partial charge in [-0.3, -0.25) is 0 Å². The number of hydrogen-bond donors (Lipinski definition) is 0. The van der Waals surface area contributed by atoms with Gasteiger partial charge in [-0.1, -0.05) is 120 Å². The zero-order valence-electron chi connectivity index (χ0n) is 21.4. The van der Waals surface area contributed by atoms with Crippen molar-refractivity contribution in [1.29, 1.82) is 0 Å². The first kappa shape index (κ1) is 24.1. The number of fused-ring (bicyclic) bond motifs is 20. The quantitative estimate of drug-likeness (QED) is 0.195. The summed E-state index contributed by atoms with van der Waals surface area (Å²) >= 11 is 0. The molecule has 203 valence electrons. The van der Waals surface area contributed by atoms with Gasteiger partial charge < -0.3 is 41.2 Å². The Balaban J connectivity index is 0.00000256. The molecule has 41 heavy (non-hydrogen) atoms. The van der Waals surface area contributed by atoms with E-state index in [1.54, 1.807) is 0 Å². The molecule has 0 saturated carbocycles. The van der Waals surface area contributed by atoms with Crippen LogP contribution >= 0.6 is 0 Å². The molecule has 0 aliphatic carbocycles. The van der Waals surface area contributed by atoms with Crippen molar-refractivity contribution in [3.8, 4) is 0 Å². The molecule has 4 unspecified atom stereocenters. The molecule has 4 aromatic rings. The van der Waals surface area contributed by atoms with E-state index in [9.17, 15) is 0 Å². The van der Waals surface area contributed by atoms with E-state index in [1.165, 1.54) is 0 Å². The first-order chi connectivity index (χ1) is 19.8. The maximum atomic E-state index is 5.07. The van der Waals surface area contributed by atoms with Gasteiger partial charge in [0, 0.05) is 17.1 Å². The summed E-state index contributed by atoms with van der Waals surface area (Å²) in [7, 11) is 0. The topological polar surface area (TPSA) is 106 Å². The van der Waals surface area contributed by atoms with Gasteiger partial charge in [0.2, 0.25) is 0 Å². The van der Waals surface area contributed by atoms with E-state index < -0.39 is 24.7 Å². The third-order valence-corrected chi connectivity index (χ3v) is 7.88. The second-order valence-electron chi connectivity index (χ2n) is 10.2. The summed E-state index contributed by atoms with van der Waals surface area (Å²) in [5.41, 5.74) is 7.87. The molecule has 0 amide bonds. The molecule has 0 spiro atoms. The fraction of sp³-hybridized carbons (Fsp3) is 0.125. The van der Waals surface area contributed by atoms with Crippen LogP contribution in [-0.2, 0) is 17.1 Å². The standard InChI is InChI=1S/C32H20N8.Cu/c1-2-10-18-17(9-1)25-33-26(18)38-28-21-13-5-6-14-22(21)30(35-28)40-32-24-16-8-7-15-23(24)31(36-32)39-29-20-12-4-3-11-19(20)27(34-29)37-25;/h1-16,25,28-29,32H;/q-4;. The Morgan fingerprint density at radius 3 is 0.805 bits per heavy atom. The van der Waals surface area contributed by atoms with E-state index in [0.717, 1.165) is 44.5 Å². The molecule has 0 fully saturated rings. The molecule has 5 aliphatic rings. The number of amidine groups is 4. The van der Waals surface area contributed by atoms with Crippen LogP contribution in [-0.4, -0.2) is 23.3 Å². The van der Waals surface area contributed by atoms with Gasteiger partial charge in [0.05, 0.1) is 0 Å². The van der Waals surface area contributed by atoms with Gasteiger partial charge in [-0.05, 0) is 69.2 Å². The second kappa shape index (κ2) is 9.16.